The Morgan fingerprint density at radius 1 is 0.500 bits per heavy atom. The van der Waals surface area contributed by atoms with Crippen LogP contribution in [0.3, 0.4) is 0 Å². The summed E-state index contributed by atoms with van der Waals surface area (Å²) in [4.78, 5) is 0. The van der Waals surface area contributed by atoms with Crippen LogP contribution < -0.4 is 0 Å². The van der Waals surface area contributed by atoms with Crippen molar-refractivity contribution in [3.8, 4) is 22.4 Å². The highest BCUT2D eigenvalue weighted by molar-refractivity contribution is 5.89. The Morgan fingerprint density at radius 2 is 1.13 bits per heavy atom. The molecule has 0 atom stereocenters. The van der Waals surface area contributed by atoms with E-state index in [1.54, 1.807) is 0 Å². The summed E-state index contributed by atoms with van der Waals surface area (Å²) < 4.78 is 2.00. The fraction of sp³-hybridized carbons (Fsp3) is 0.0278. The van der Waals surface area contributed by atoms with Gasteiger partial charge in [-0.05, 0) is 57.0 Å². The van der Waals surface area contributed by atoms with E-state index in [-0.39, 0.29) is 0 Å². The van der Waals surface area contributed by atoms with Gasteiger partial charge in [0.05, 0.1) is 16.6 Å². The number of pyridine rings is 1. The summed E-state index contributed by atoms with van der Waals surface area (Å²) in [5.41, 5.74) is 10.6. The number of benzene rings is 5. The number of fused-ring (bicyclic) bond motifs is 5. The van der Waals surface area contributed by atoms with E-state index >= 15 is 0 Å². The maximum atomic E-state index is 5.02. The van der Waals surface area contributed by atoms with Crippen molar-refractivity contribution >= 4 is 16.3 Å². The first-order valence-corrected chi connectivity index (χ1v) is 13.1. The van der Waals surface area contributed by atoms with Crippen molar-refractivity contribution in [1.82, 2.24) is 9.61 Å². The molecule has 2 heteroatoms. The van der Waals surface area contributed by atoms with Crippen LogP contribution in [-0.2, 0) is 5.41 Å². The Balaban J connectivity index is 1.41. The topological polar surface area (TPSA) is 17.3 Å². The van der Waals surface area contributed by atoms with Crippen LogP contribution >= 0.6 is 0 Å². The normalized spacial score (nSPS) is 13.5. The fourth-order valence-electron chi connectivity index (χ4n) is 6.42. The molecular formula is C36H24N2. The van der Waals surface area contributed by atoms with Gasteiger partial charge in [0, 0.05) is 17.1 Å². The predicted octanol–water partition coefficient (Wildman–Crippen LogP) is 8.52. The molecule has 2 heterocycles. The third-order valence-corrected chi connectivity index (χ3v) is 8.08. The van der Waals surface area contributed by atoms with Gasteiger partial charge in [0.15, 0.2) is 0 Å². The third kappa shape index (κ3) is 2.92. The molecule has 0 N–H and O–H groups in total. The first-order chi connectivity index (χ1) is 18.8. The molecule has 1 aliphatic carbocycles. The predicted molar refractivity (Wildman–Crippen MR) is 155 cm³/mol. The first kappa shape index (κ1) is 21.2. The zero-order chi connectivity index (χ0) is 25.1. The molecule has 38 heavy (non-hydrogen) atoms. The SMILES string of the molecule is c1ccc(C2(c3ccccc3)c3ccccc3-c3ccc(-c4cc5cc6ccccc6cn5n4)cc32)cc1. The average Bonchev–Trinajstić information content (AvgIpc) is 3.53. The van der Waals surface area contributed by atoms with Crippen LogP contribution in [0.5, 0.6) is 0 Å². The molecule has 0 spiro atoms. The summed E-state index contributed by atoms with van der Waals surface area (Å²) in [7, 11) is 0. The second-order valence-electron chi connectivity index (χ2n) is 10.1. The molecule has 0 radical (unpaired) electrons. The van der Waals surface area contributed by atoms with Gasteiger partial charge in [-0.1, -0.05) is 121 Å². The van der Waals surface area contributed by atoms with Crippen LogP contribution in [0.15, 0.2) is 146 Å². The van der Waals surface area contributed by atoms with Crippen molar-refractivity contribution in [3.63, 3.8) is 0 Å². The molecule has 2 nitrogen and oxygen atoms in total. The molecule has 0 aliphatic heterocycles. The van der Waals surface area contributed by atoms with Gasteiger partial charge < -0.3 is 0 Å². The lowest BCUT2D eigenvalue weighted by Crippen LogP contribution is -2.28. The van der Waals surface area contributed by atoms with Crippen LogP contribution in [-0.4, -0.2) is 9.61 Å². The van der Waals surface area contributed by atoms with Gasteiger partial charge in [0.25, 0.3) is 0 Å². The Hall–Kier alpha value is -4.95. The van der Waals surface area contributed by atoms with Crippen LogP contribution in [0.1, 0.15) is 22.3 Å². The van der Waals surface area contributed by atoms with E-state index in [1.807, 2.05) is 4.52 Å². The summed E-state index contributed by atoms with van der Waals surface area (Å²) in [6, 6.07) is 50.5. The number of rotatable bonds is 3. The Bertz CT molecular complexity index is 1870. The third-order valence-electron chi connectivity index (χ3n) is 8.08. The Kier molecular flexibility index (Phi) is 4.47. The second kappa shape index (κ2) is 8.03. The zero-order valence-electron chi connectivity index (χ0n) is 20.8. The van der Waals surface area contributed by atoms with E-state index in [1.165, 1.54) is 44.2 Å². The largest absolute Gasteiger partial charge is 0.240 e. The van der Waals surface area contributed by atoms with Crippen molar-refractivity contribution < 1.29 is 0 Å². The molecule has 1 aliphatic rings. The van der Waals surface area contributed by atoms with Crippen molar-refractivity contribution in [2.24, 2.45) is 0 Å². The molecule has 0 fully saturated rings. The van der Waals surface area contributed by atoms with E-state index < -0.39 is 5.41 Å². The van der Waals surface area contributed by atoms with Gasteiger partial charge in [-0.2, -0.15) is 5.10 Å². The van der Waals surface area contributed by atoms with Gasteiger partial charge in [-0.15, -0.1) is 0 Å². The lowest BCUT2D eigenvalue weighted by Gasteiger charge is -2.34. The van der Waals surface area contributed by atoms with E-state index in [0.29, 0.717) is 0 Å². The maximum absolute atomic E-state index is 5.02. The standard InChI is InChI=1S/C36H24N2/c1-3-13-28(14-4-1)36(29-15-5-2-6-16-29)33-18-10-9-17-31(33)32-20-19-26(22-34(32)36)35-23-30-21-25-11-7-8-12-27(25)24-38(30)37-35/h1-24H. The van der Waals surface area contributed by atoms with Crippen LogP contribution in [0, 0.1) is 0 Å². The average molecular weight is 485 g/mol. The van der Waals surface area contributed by atoms with Gasteiger partial charge >= 0.3 is 0 Å². The lowest BCUT2D eigenvalue weighted by atomic mass is 9.67. The minimum atomic E-state index is -0.404. The highest BCUT2D eigenvalue weighted by Crippen LogP contribution is 2.56. The van der Waals surface area contributed by atoms with Gasteiger partial charge in [0.2, 0.25) is 0 Å². The minimum Gasteiger partial charge on any atom is -0.240 e. The molecule has 0 saturated carbocycles. The highest BCUT2D eigenvalue weighted by Gasteiger charge is 2.46. The summed E-state index contributed by atoms with van der Waals surface area (Å²) >= 11 is 0. The molecule has 8 rings (SSSR count). The maximum Gasteiger partial charge on any atom is 0.0933 e. The number of hydrogen-bond donors (Lipinski definition) is 0. The van der Waals surface area contributed by atoms with Crippen molar-refractivity contribution in [2.45, 2.75) is 5.41 Å². The van der Waals surface area contributed by atoms with Crippen molar-refractivity contribution in [3.05, 3.63) is 168 Å². The molecule has 2 aromatic heterocycles. The van der Waals surface area contributed by atoms with Crippen LogP contribution in [0.2, 0.25) is 0 Å². The molecule has 0 amide bonds. The Morgan fingerprint density at radius 3 is 1.89 bits per heavy atom. The number of aromatic nitrogens is 2. The highest BCUT2D eigenvalue weighted by atomic mass is 15.2. The molecular weight excluding hydrogens is 460 g/mol. The van der Waals surface area contributed by atoms with Gasteiger partial charge in [-0.3, -0.25) is 0 Å². The number of hydrogen-bond acceptors (Lipinski definition) is 1. The van der Waals surface area contributed by atoms with Crippen LogP contribution in [0.4, 0.5) is 0 Å². The molecule has 178 valence electrons. The molecule has 7 aromatic rings. The van der Waals surface area contributed by atoms with Crippen molar-refractivity contribution in [2.75, 3.05) is 0 Å². The fourth-order valence-corrected chi connectivity index (χ4v) is 6.42. The second-order valence-corrected chi connectivity index (χ2v) is 10.1. The van der Waals surface area contributed by atoms with Crippen LogP contribution in [0.25, 0.3) is 38.7 Å². The van der Waals surface area contributed by atoms with E-state index in [0.717, 1.165) is 16.8 Å². The monoisotopic (exact) mass is 484 g/mol. The smallest absolute Gasteiger partial charge is 0.0933 e. The Labute approximate surface area is 221 Å². The van der Waals surface area contributed by atoms with E-state index in [9.17, 15) is 0 Å². The summed E-state index contributed by atoms with van der Waals surface area (Å²) in [5, 5.41) is 7.43. The molecule has 0 bridgehead atoms. The van der Waals surface area contributed by atoms with Crippen molar-refractivity contribution in [1.29, 1.82) is 0 Å². The zero-order valence-corrected chi connectivity index (χ0v) is 20.8. The van der Waals surface area contributed by atoms with Gasteiger partial charge in [-0.25, -0.2) is 4.52 Å². The summed E-state index contributed by atoms with van der Waals surface area (Å²) in [5.74, 6) is 0. The lowest BCUT2D eigenvalue weighted by molar-refractivity contribution is 0.768. The van der Waals surface area contributed by atoms with E-state index in [2.05, 4.69) is 146 Å². The summed E-state index contributed by atoms with van der Waals surface area (Å²) in [6.45, 7) is 0. The molecule has 0 unspecified atom stereocenters. The number of nitrogens with zero attached hydrogens (tertiary/aromatic N) is 2. The first-order valence-electron chi connectivity index (χ1n) is 13.1. The summed E-state index contributed by atoms with van der Waals surface area (Å²) in [6.07, 6.45) is 2.12. The molecule has 5 aromatic carbocycles. The van der Waals surface area contributed by atoms with E-state index in [4.69, 9.17) is 5.10 Å². The van der Waals surface area contributed by atoms with Gasteiger partial charge in [0.1, 0.15) is 0 Å². The molecule has 0 saturated heterocycles. The minimum absolute atomic E-state index is 0.404. The quantitative estimate of drug-likeness (QED) is 0.246.